The van der Waals surface area contributed by atoms with Crippen molar-refractivity contribution in [1.82, 2.24) is 4.72 Å². The fourth-order valence-electron chi connectivity index (χ4n) is 2.20. The Balaban J connectivity index is 2.15. The number of rotatable bonds is 7. The Bertz CT molecular complexity index is 526. The van der Waals surface area contributed by atoms with E-state index in [1.807, 2.05) is 20.8 Å². The summed E-state index contributed by atoms with van der Waals surface area (Å²) in [6, 6.07) is 4.82. The van der Waals surface area contributed by atoms with Crippen molar-refractivity contribution in [3.05, 3.63) is 29.6 Å². The second-order valence-corrected chi connectivity index (χ2v) is 9.66. The Morgan fingerprint density at radius 3 is 2.52 bits per heavy atom. The van der Waals surface area contributed by atoms with Crippen LogP contribution in [0.5, 0.6) is 5.75 Å². The molecule has 1 saturated carbocycles. The summed E-state index contributed by atoms with van der Waals surface area (Å²) in [6.45, 7) is 10.5. The molecule has 0 saturated heterocycles. The molecule has 0 heterocycles. The predicted molar refractivity (Wildman–Crippen MR) is 93.2 cm³/mol. The van der Waals surface area contributed by atoms with E-state index in [1.165, 1.54) is 18.9 Å². The summed E-state index contributed by atoms with van der Waals surface area (Å²) >= 11 is -1.19. The molecule has 1 unspecified atom stereocenters. The molecule has 23 heavy (non-hydrogen) atoms. The summed E-state index contributed by atoms with van der Waals surface area (Å²) in [7, 11) is 0. The van der Waals surface area contributed by atoms with E-state index in [0.717, 1.165) is 5.56 Å². The van der Waals surface area contributed by atoms with Crippen molar-refractivity contribution in [3.63, 3.8) is 0 Å². The van der Waals surface area contributed by atoms with Gasteiger partial charge in [0.25, 0.3) is 0 Å². The number of ether oxygens (including phenoxy) is 1. The third-order valence-corrected chi connectivity index (χ3v) is 5.52. The smallest absolute Gasteiger partial charge is 0.165 e. The van der Waals surface area contributed by atoms with Crippen LogP contribution in [0.25, 0.3) is 0 Å². The van der Waals surface area contributed by atoms with Crippen LogP contribution in [0.3, 0.4) is 0 Å². The lowest BCUT2D eigenvalue weighted by Gasteiger charge is -2.30. The predicted octanol–water partition coefficient (Wildman–Crippen LogP) is 4.36. The van der Waals surface area contributed by atoms with Gasteiger partial charge in [-0.3, -0.25) is 0 Å². The van der Waals surface area contributed by atoms with E-state index < -0.39 is 11.4 Å². The average Bonchev–Trinajstić information content (AvgIpc) is 3.26. The van der Waals surface area contributed by atoms with Crippen molar-refractivity contribution in [3.8, 4) is 5.75 Å². The molecule has 1 aromatic carbocycles. The zero-order chi connectivity index (χ0) is 17.2. The molecular weight excluding hydrogens is 313 g/mol. The molecule has 0 radical (unpaired) electrons. The minimum Gasteiger partial charge on any atom is -0.598 e. The van der Waals surface area contributed by atoms with Gasteiger partial charge in [0.05, 0.1) is 12.6 Å². The molecule has 0 amide bonds. The minimum atomic E-state index is -1.19. The van der Waals surface area contributed by atoms with Gasteiger partial charge in [-0.15, -0.1) is 4.72 Å². The van der Waals surface area contributed by atoms with Crippen LogP contribution in [0.1, 0.15) is 59.1 Å². The molecule has 0 spiro atoms. The highest BCUT2D eigenvalue weighted by molar-refractivity contribution is 7.90. The largest absolute Gasteiger partial charge is 0.598 e. The topological polar surface area (TPSA) is 44.3 Å². The molecule has 1 fully saturated rings. The lowest BCUT2D eigenvalue weighted by molar-refractivity contribution is 0.284. The Hall–Kier alpha value is -0.780. The lowest BCUT2D eigenvalue weighted by atomic mass is 9.97. The number of nitrogens with one attached hydrogen (secondary N) is 1. The molecule has 130 valence electrons. The summed E-state index contributed by atoms with van der Waals surface area (Å²) in [5, 5.41) is 0. The number of hydrogen-bond acceptors (Lipinski definition) is 3. The maximum Gasteiger partial charge on any atom is 0.165 e. The van der Waals surface area contributed by atoms with Gasteiger partial charge in [-0.25, -0.2) is 4.39 Å². The van der Waals surface area contributed by atoms with Gasteiger partial charge < -0.3 is 9.29 Å². The molecule has 2 atom stereocenters. The molecular formula is C18H28FNO2S. The molecule has 0 aliphatic heterocycles. The molecule has 1 N–H and O–H groups in total. The highest BCUT2D eigenvalue weighted by Crippen LogP contribution is 2.32. The zero-order valence-corrected chi connectivity index (χ0v) is 15.5. The van der Waals surface area contributed by atoms with Crippen LogP contribution in [0.15, 0.2) is 18.2 Å². The van der Waals surface area contributed by atoms with E-state index >= 15 is 0 Å². The third-order valence-electron chi connectivity index (χ3n) is 3.94. The van der Waals surface area contributed by atoms with Crippen LogP contribution in [0, 0.1) is 17.7 Å². The monoisotopic (exact) mass is 341 g/mol. The molecule has 1 aromatic rings. The van der Waals surface area contributed by atoms with Crippen molar-refractivity contribution >= 4 is 11.4 Å². The first-order valence-electron chi connectivity index (χ1n) is 8.28. The maximum absolute atomic E-state index is 14.0. The first kappa shape index (κ1) is 18.6. The Labute approximate surface area is 142 Å². The molecule has 2 rings (SSSR count). The van der Waals surface area contributed by atoms with Crippen LogP contribution in [0.2, 0.25) is 0 Å². The number of benzene rings is 1. The van der Waals surface area contributed by atoms with Crippen molar-refractivity contribution in [1.29, 1.82) is 0 Å². The number of halogens is 1. The summed E-state index contributed by atoms with van der Waals surface area (Å²) in [5.74, 6) is 0.755. The highest BCUT2D eigenvalue weighted by atomic mass is 32.2. The van der Waals surface area contributed by atoms with Crippen LogP contribution >= 0.6 is 0 Å². The van der Waals surface area contributed by atoms with Gasteiger partial charge >= 0.3 is 0 Å². The van der Waals surface area contributed by atoms with E-state index in [-0.39, 0.29) is 22.5 Å². The van der Waals surface area contributed by atoms with Crippen molar-refractivity contribution < 1.29 is 13.7 Å². The fourth-order valence-corrected chi connectivity index (χ4v) is 3.19. The van der Waals surface area contributed by atoms with Crippen LogP contribution in [-0.4, -0.2) is 15.9 Å². The summed E-state index contributed by atoms with van der Waals surface area (Å²) in [6.07, 6.45) is 2.34. The van der Waals surface area contributed by atoms with Gasteiger partial charge in [-0.2, -0.15) is 0 Å². The molecule has 1 aliphatic carbocycles. The summed E-state index contributed by atoms with van der Waals surface area (Å²) in [5.41, 5.74) is 0.907. The quantitative estimate of drug-likeness (QED) is 0.749. The highest BCUT2D eigenvalue weighted by Gasteiger charge is 2.31. The van der Waals surface area contributed by atoms with Gasteiger partial charge in [0.2, 0.25) is 0 Å². The van der Waals surface area contributed by atoms with Crippen molar-refractivity contribution in [2.75, 3.05) is 6.61 Å². The van der Waals surface area contributed by atoms with Gasteiger partial charge in [-0.1, -0.05) is 19.9 Å². The minimum absolute atomic E-state index is 0.112. The molecule has 3 nitrogen and oxygen atoms in total. The Morgan fingerprint density at radius 1 is 1.35 bits per heavy atom. The van der Waals surface area contributed by atoms with Crippen LogP contribution < -0.4 is 9.46 Å². The summed E-state index contributed by atoms with van der Waals surface area (Å²) in [4.78, 5) is 0. The van der Waals surface area contributed by atoms with Gasteiger partial charge in [0, 0.05) is 11.4 Å². The van der Waals surface area contributed by atoms with E-state index in [1.54, 1.807) is 12.1 Å². The Morgan fingerprint density at radius 2 is 2.00 bits per heavy atom. The summed E-state index contributed by atoms with van der Waals surface area (Å²) < 4.78 is 34.8. The van der Waals surface area contributed by atoms with E-state index in [4.69, 9.17) is 4.74 Å². The molecule has 5 heteroatoms. The molecule has 0 bridgehead atoms. The average molecular weight is 341 g/mol. The van der Waals surface area contributed by atoms with Crippen LogP contribution in [-0.2, 0) is 11.4 Å². The SMILES string of the molecule is CC(C)[C@H](N[S+]([O-])C(C)(C)C)c1ccc(F)c(OCC2CC2)c1. The Kier molecular flexibility index (Phi) is 5.98. The first-order chi connectivity index (χ1) is 10.7. The third kappa shape index (κ3) is 5.37. The van der Waals surface area contributed by atoms with Gasteiger partial charge in [0.15, 0.2) is 11.6 Å². The second-order valence-electron chi connectivity index (χ2n) is 7.66. The van der Waals surface area contributed by atoms with Gasteiger partial charge in [-0.05, 0) is 63.1 Å². The standard InChI is InChI=1S/C18H28FNO2S/c1-12(2)17(20-23(21)18(3,4)5)14-8-9-15(19)16(10-14)22-11-13-6-7-13/h8-10,12-13,17,20H,6-7,11H2,1-5H3/t17-,23?/m0/s1. The normalized spacial score (nSPS) is 18.1. The van der Waals surface area contributed by atoms with E-state index in [9.17, 15) is 8.94 Å². The zero-order valence-electron chi connectivity index (χ0n) is 14.7. The van der Waals surface area contributed by atoms with Crippen molar-refractivity contribution in [2.24, 2.45) is 11.8 Å². The van der Waals surface area contributed by atoms with Crippen molar-refractivity contribution in [2.45, 2.75) is 58.2 Å². The van der Waals surface area contributed by atoms with Crippen LogP contribution in [0.4, 0.5) is 4.39 Å². The molecule has 0 aromatic heterocycles. The molecule has 1 aliphatic rings. The van der Waals surface area contributed by atoms with E-state index in [2.05, 4.69) is 18.6 Å². The fraction of sp³-hybridized carbons (Fsp3) is 0.667. The van der Waals surface area contributed by atoms with E-state index in [0.29, 0.717) is 18.3 Å². The maximum atomic E-state index is 14.0. The van der Waals surface area contributed by atoms with Gasteiger partial charge in [0.1, 0.15) is 4.75 Å². The lowest BCUT2D eigenvalue weighted by Crippen LogP contribution is -2.42. The number of hydrogen-bond donors (Lipinski definition) is 1. The first-order valence-corrected chi connectivity index (χ1v) is 9.43. The second kappa shape index (κ2) is 7.41.